The lowest BCUT2D eigenvalue weighted by atomic mass is 10.1. The Labute approximate surface area is 116 Å². The predicted octanol–water partition coefficient (Wildman–Crippen LogP) is 3.67. The van der Waals surface area contributed by atoms with Gasteiger partial charge in [0.1, 0.15) is 5.76 Å². The van der Waals surface area contributed by atoms with Gasteiger partial charge in [-0.05, 0) is 19.1 Å². The Balaban J connectivity index is 2.02. The highest BCUT2D eigenvalue weighted by molar-refractivity contribution is 5.93. The summed E-state index contributed by atoms with van der Waals surface area (Å²) in [5.41, 5.74) is 1.92. The number of esters is 1. The molecule has 0 fully saturated rings. The van der Waals surface area contributed by atoms with Crippen molar-refractivity contribution in [3.63, 3.8) is 0 Å². The highest BCUT2D eigenvalue weighted by Gasteiger charge is 2.12. The Hall–Kier alpha value is -2.62. The van der Waals surface area contributed by atoms with E-state index in [4.69, 9.17) is 9.15 Å². The van der Waals surface area contributed by atoms with Crippen molar-refractivity contribution in [2.75, 3.05) is 6.61 Å². The van der Waals surface area contributed by atoms with Crippen molar-refractivity contribution in [2.45, 2.75) is 6.92 Å². The molecule has 0 radical (unpaired) electrons. The van der Waals surface area contributed by atoms with E-state index in [2.05, 4.69) is 4.98 Å². The molecule has 2 aromatic heterocycles. The van der Waals surface area contributed by atoms with E-state index < -0.39 is 0 Å². The largest absolute Gasteiger partial charge is 0.462 e. The summed E-state index contributed by atoms with van der Waals surface area (Å²) in [6.07, 6.45) is 1.47. The summed E-state index contributed by atoms with van der Waals surface area (Å²) in [5, 5.41) is 0.786. The molecule has 0 aliphatic carbocycles. The molecule has 0 atom stereocenters. The number of carbonyl (C=O) groups is 1. The standard InChI is InChI=1S/C16H13NO3/c1-2-19-16(18)13-8-12-9-14(20-15(12)17-10-13)11-6-4-3-5-7-11/h3-10H,2H2,1H3. The first kappa shape index (κ1) is 12.4. The van der Waals surface area contributed by atoms with Crippen LogP contribution in [0, 0.1) is 0 Å². The second kappa shape index (κ2) is 5.17. The molecule has 100 valence electrons. The maximum Gasteiger partial charge on any atom is 0.339 e. The molecule has 0 saturated heterocycles. The number of nitrogens with zero attached hydrogens (tertiary/aromatic N) is 1. The number of rotatable bonds is 3. The van der Waals surface area contributed by atoms with Crippen LogP contribution in [0.1, 0.15) is 17.3 Å². The summed E-state index contributed by atoms with van der Waals surface area (Å²) in [6, 6.07) is 13.4. The molecular formula is C16H13NO3. The van der Waals surface area contributed by atoms with Gasteiger partial charge in [-0.15, -0.1) is 0 Å². The fourth-order valence-electron chi connectivity index (χ4n) is 2.00. The third-order valence-electron chi connectivity index (χ3n) is 2.94. The van der Waals surface area contributed by atoms with Gasteiger partial charge in [0.15, 0.2) is 0 Å². The monoisotopic (exact) mass is 267 g/mol. The number of pyridine rings is 1. The molecule has 4 nitrogen and oxygen atoms in total. The summed E-state index contributed by atoms with van der Waals surface area (Å²) >= 11 is 0. The maximum absolute atomic E-state index is 11.7. The molecule has 0 N–H and O–H groups in total. The van der Waals surface area contributed by atoms with Gasteiger partial charge >= 0.3 is 5.97 Å². The third-order valence-corrected chi connectivity index (χ3v) is 2.94. The van der Waals surface area contributed by atoms with Crippen molar-refractivity contribution in [3.05, 3.63) is 54.2 Å². The van der Waals surface area contributed by atoms with E-state index in [0.717, 1.165) is 16.7 Å². The predicted molar refractivity (Wildman–Crippen MR) is 75.4 cm³/mol. The number of aromatic nitrogens is 1. The number of hydrogen-bond donors (Lipinski definition) is 0. The fraction of sp³-hybridized carbons (Fsp3) is 0.125. The summed E-state index contributed by atoms with van der Waals surface area (Å²) in [6.45, 7) is 2.12. The fourth-order valence-corrected chi connectivity index (χ4v) is 2.00. The molecule has 1 aromatic carbocycles. The molecule has 2 heterocycles. The molecule has 4 heteroatoms. The second-order valence-electron chi connectivity index (χ2n) is 4.32. The lowest BCUT2D eigenvalue weighted by Crippen LogP contribution is -2.04. The zero-order chi connectivity index (χ0) is 13.9. The zero-order valence-electron chi connectivity index (χ0n) is 11.0. The lowest BCUT2D eigenvalue weighted by molar-refractivity contribution is 0.0526. The van der Waals surface area contributed by atoms with Crippen molar-refractivity contribution < 1.29 is 13.9 Å². The van der Waals surface area contributed by atoms with Gasteiger partial charge in [-0.3, -0.25) is 0 Å². The Kier molecular flexibility index (Phi) is 3.21. The molecule has 0 spiro atoms. The van der Waals surface area contributed by atoms with Crippen LogP contribution in [0.25, 0.3) is 22.4 Å². The van der Waals surface area contributed by atoms with Crippen LogP contribution in [0.5, 0.6) is 0 Å². The zero-order valence-corrected chi connectivity index (χ0v) is 11.0. The lowest BCUT2D eigenvalue weighted by Gasteiger charge is -1.99. The van der Waals surface area contributed by atoms with Gasteiger partial charge in [-0.1, -0.05) is 30.3 Å². The molecule has 3 aromatic rings. The average Bonchev–Trinajstić information content (AvgIpc) is 2.91. The number of ether oxygens (including phenoxy) is 1. The van der Waals surface area contributed by atoms with Crippen LogP contribution in [0.2, 0.25) is 0 Å². The van der Waals surface area contributed by atoms with Crippen molar-refractivity contribution in [2.24, 2.45) is 0 Å². The minimum absolute atomic E-state index is 0.345. The minimum Gasteiger partial charge on any atom is -0.462 e. The summed E-state index contributed by atoms with van der Waals surface area (Å²) in [4.78, 5) is 15.8. The molecule has 3 rings (SSSR count). The van der Waals surface area contributed by atoms with Gasteiger partial charge in [0.05, 0.1) is 12.2 Å². The molecule has 0 aliphatic rings. The van der Waals surface area contributed by atoms with Crippen LogP contribution >= 0.6 is 0 Å². The van der Waals surface area contributed by atoms with E-state index in [9.17, 15) is 4.79 Å². The van der Waals surface area contributed by atoms with Gasteiger partial charge < -0.3 is 9.15 Å². The number of furan rings is 1. The topological polar surface area (TPSA) is 52.3 Å². The van der Waals surface area contributed by atoms with E-state index in [1.54, 1.807) is 13.0 Å². The third kappa shape index (κ3) is 2.28. The Morgan fingerprint density at radius 2 is 2.05 bits per heavy atom. The summed E-state index contributed by atoms with van der Waals surface area (Å²) < 4.78 is 10.6. The summed E-state index contributed by atoms with van der Waals surface area (Å²) in [7, 11) is 0. The second-order valence-corrected chi connectivity index (χ2v) is 4.32. The molecule has 20 heavy (non-hydrogen) atoms. The number of fused-ring (bicyclic) bond motifs is 1. The van der Waals surface area contributed by atoms with Crippen LogP contribution in [0.15, 0.2) is 53.1 Å². The van der Waals surface area contributed by atoms with E-state index in [0.29, 0.717) is 17.9 Å². The minimum atomic E-state index is -0.371. The van der Waals surface area contributed by atoms with Gasteiger partial charge in [0, 0.05) is 17.1 Å². The summed E-state index contributed by atoms with van der Waals surface area (Å²) in [5.74, 6) is 0.360. The van der Waals surface area contributed by atoms with Crippen LogP contribution in [-0.2, 0) is 4.74 Å². The first-order valence-corrected chi connectivity index (χ1v) is 6.40. The number of carbonyl (C=O) groups excluding carboxylic acids is 1. The van der Waals surface area contributed by atoms with E-state index >= 15 is 0 Å². The van der Waals surface area contributed by atoms with E-state index in [-0.39, 0.29) is 5.97 Å². The molecule has 0 amide bonds. The quantitative estimate of drug-likeness (QED) is 0.679. The van der Waals surface area contributed by atoms with Crippen molar-refractivity contribution in [1.82, 2.24) is 4.98 Å². The van der Waals surface area contributed by atoms with E-state index in [1.165, 1.54) is 6.20 Å². The maximum atomic E-state index is 11.7. The smallest absolute Gasteiger partial charge is 0.339 e. The average molecular weight is 267 g/mol. The van der Waals surface area contributed by atoms with Gasteiger partial charge in [0.25, 0.3) is 0 Å². The molecular weight excluding hydrogens is 254 g/mol. The highest BCUT2D eigenvalue weighted by Crippen LogP contribution is 2.27. The van der Waals surface area contributed by atoms with Crippen molar-refractivity contribution >= 4 is 17.1 Å². The van der Waals surface area contributed by atoms with E-state index in [1.807, 2.05) is 36.4 Å². The van der Waals surface area contributed by atoms with Crippen LogP contribution in [-0.4, -0.2) is 17.6 Å². The number of benzene rings is 1. The number of hydrogen-bond acceptors (Lipinski definition) is 4. The van der Waals surface area contributed by atoms with Crippen molar-refractivity contribution in [3.8, 4) is 11.3 Å². The van der Waals surface area contributed by atoms with Gasteiger partial charge in [-0.25, -0.2) is 9.78 Å². The normalized spacial score (nSPS) is 10.7. The first-order valence-electron chi connectivity index (χ1n) is 6.40. The first-order chi connectivity index (χ1) is 9.78. The van der Waals surface area contributed by atoms with Crippen molar-refractivity contribution in [1.29, 1.82) is 0 Å². The molecule has 0 bridgehead atoms. The Morgan fingerprint density at radius 1 is 1.25 bits per heavy atom. The Bertz CT molecular complexity index is 747. The molecule has 0 unspecified atom stereocenters. The molecule has 0 saturated carbocycles. The molecule has 0 aliphatic heterocycles. The SMILES string of the molecule is CCOC(=O)c1cnc2oc(-c3ccccc3)cc2c1. The van der Waals surface area contributed by atoms with Crippen LogP contribution in [0.3, 0.4) is 0 Å². The van der Waals surface area contributed by atoms with Crippen LogP contribution < -0.4 is 0 Å². The van der Waals surface area contributed by atoms with Gasteiger partial charge in [0.2, 0.25) is 5.71 Å². The highest BCUT2D eigenvalue weighted by atomic mass is 16.5. The van der Waals surface area contributed by atoms with Gasteiger partial charge in [-0.2, -0.15) is 0 Å². The Morgan fingerprint density at radius 3 is 2.80 bits per heavy atom. The van der Waals surface area contributed by atoms with Crippen LogP contribution in [0.4, 0.5) is 0 Å².